The molecule has 0 spiro atoms. The third-order valence-electron chi connectivity index (χ3n) is 4.21. The van der Waals surface area contributed by atoms with Gasteiger partial charge in [0, 0.05) is 16.9 Å². The number of hydrogen-bond donors (Lipinski definition) is 0. The first-order chi connectivity index (χ1) is 12.1. The Hall–Kier alpha value is -2.58. The van der Waals surface area contributed by atoms with Crippen molar-refractivity contribution in [3.8, 4) is 29.2 Å². The lowest BCUT2D eigenvalue weighted by Gasteiger charge is -2.09. The van der Waals surface area contributed by atoms with Crippen LogP contribution in [0.5, 0.6) is 5.75 Å². The van der Waals surface area contributed by atoms with E-state index in [1.807, 2.05) is 31.2 Å². The van der Waals surface area contributed by atoms with Crippen LogP contribution in [0, 0.1) is 12.3 Å². The zero-order valence-electron chi connectivity index (χ0n) is 14.6. The van der Waals surface area contributed by atoms with Gasteiger partial charge in [0.25, 0.3) is 5.56 Å². The second kappa shape index (κ2) is 7.12. The molecule has 0 unspecified atom stereocenters. The van der Waals surface area contributed by atoms with Crippen molar-refractivity contribution in [3.63, 3.8) is 0 Å². The zero-order valence-corrected chi connectivity index (χ0v) is 15.4. The summed E-state index contributed by atoms with van der Waals surface area (Å²) in [5, 5.41) is 0.655. The van der Waals surface area contributed by atoms with E-state index in [-0.39, 0.29) is 12.1 Å². The number of thiophene rings is 1. The minimum absolute atomic E-state index is 0.0615. The average Bonchev–Trinajstić information content (AvgIpc) is 3.02. The average molecular weight is 352 g/mol. The van der Waals surface area contributed by atoms with Crippen molar-refractivity contribution in [2.45, 2.75) is 33.2 Å². The highest BCUT2D eigenvalue weighted by Gasteiger charge is 2.20. The van der Waals surface area contributed by atoms with Gasteiger partial charge in [-0.1, -0.05) is 31.9 Å². The van der Waals surface area contributed by atoms with Crippen LogP contribution in [0.3, 0.4) is 0 Å². The van der Waals surface area contributed by atoms with Gasteiger partial charge in [-0.25, -0.2) is 4.98 Å². The fraction of sp³-hybridized carbons (Fsp3) is 0.300. The summed E-state index contributed by atoms with van der Waals surface area (Å²) >= 11 is 1.59. The largest absolute Gasteiger partial charge is 0.497 e. The zero-order chi connectivity index (χ0) is 18.0. The Kier molecular flexibility index (Phi) is 4.91. The molecule has 0 aliphatic carbocycles. The first-order valence-corrected chi connectivity index (χ1v) is 9.09. The fourth-order valence-electron chi connectivity index (χ4n) is 3.03. The van der Waals surface area contributed by atoms with Crippen molar-refractivity contribution in [1.82, 2.24) is 9.55 Å². The van der Waals surface area contributed by atoms with Gasteiger partial charge < -0.3 is 4.74 Å². The summed E-state index contributed by atoms with van der Waals surface area (Å²) in [5.41, 5.74) is 1.86. The Balaban J connectivity index is 2.40. The molecule has 0 amide bonds. The molecule has 25 heavy (non-hydrogen) atoms. The Labute approximate surface area is 151 Å². The molecule has 2 heterocycles. The molecule has 0 fully saturated rings. The number of rotatable bonds is 5. The number of ether oxygens (including phenoxy) is 1. The number of methoxy groups -OCH3 is 1. The smallest absolute Gasteiger partial charge is 0.263 e. The number of nitrogens with zero attached hydrogens (tertiary/aromatic N) is 2. The van der Waals surface area contributed by atoms with E-state index in [0.717, 1.165) is 38.8 Å². The van der Waals surface area contributed by atoms with Crippen LogP contribution in [0.15, 0.2) is 29.1 Å². The molecular formula is C20H20N2O2S. The Morgan fingerprint density at radius 2 is 2.12 bits per heavy atom. The van der Waals surface area contributed by atoms with Gasteiger partial charge >= 0.3 is 0 Å². The van der Waals surface area contributed by atoms with E-state index in [1.165, 1.54) is 0 Å². The van der Waals surface area contributed by atoms with Crippen molar-refractivity contribution in [2.75, 3.05) is 7.11 Å². The summed E-state index contributed by atoms with van der Waals surface area (Å²) in [6.45, 7) is 4.31. The fourth-order valence-corrected chi connectivity index (χ4v) is 4.17. The van der Waals surface area contributed by atoms with Gasteiger partial charge in [-0.15, -0.1) is 17.8 Å². The monoisotopic (exact) mass is 352 g/mol. The van der Waals surface area contributed by atoms with Crippen molar-refractivity contribution < 1.29 is 4.74 Å². The van der Waals surface area contributed by atoms with Crippen molar-refractivity contribution in [3.05, 3.63) is 45.3 Å². The summed E-state index contributed by atoms with van der Waals surface area (Å²) in [4.78, 5) is 19.8. The van der Waals surface area contributed by atoms with Crippen LogP contribution in [0.2, 0.25) is 0 Å². The maximum Gasteiger partial charge on any atom is 0.263 e. The van der Waals surface area contributed by atoms with Crippen molar-refractivity contribution >= 4 is 21.6 Å². The minimum atomic E-state index is -0.0615. The highest BCUT2D eigenvalue weighted by atomic mass is 32.1. The second-order valence-corrected chi connectivity index (χ2v) is 6.73. The maximum absolute atomic E-state index is 13.2. The number of hydrogen-bond acceptors (Lipinski definition) is 4. The van der Waals surface area contributed by atoms with Gasteiger partial charge in [-0.3, -0.25) is 9.36 Å². The Bertz CT molecular complexity index is 1020. The molecule has 0 saturated carbocycles. The first kappa shape index (κ1) is 17.2. The summed E-state index contributed by atoms with van der Waals surface area (Å²) in [6, 6.07) is 7.79. The van der Waals surface area contributed by atoms with Crippen LogP contribution in [-0.2, 0) is 19.4 Å². The third-order valence-corrected chi connectivity index (χ3v) is 5.44. The Morgan fingerprint density at radius 1 is 1.32 bits per heavy atom. The SMILES string of the molecule is C#CCn1c(CC)nc2sc(CC)c(-c3cccc(OC)c3)c2c1=O. The molecule has 0 radical (unpaired) electrons. The highest BCUT2D eigenvalue weighted by Crippen LogP contribution is 2.37. The lowest BCUT2D eigenvalue weighted by Crippen LogP contribution is -2.24. The minimum Gasteiger partial charge on any atom is -0.497 e. The second-order valence-electron chi connectivity index (χ2n) is 5.64. The van der Waals surface area contributed by atoms with E-state index >= 15 is 0 Å². The summed E-state index contributed by atoms with van der Waals surface area (Å²) in [7, 11) is 1.64. The third kappa shape index (κ3) is 2.94. The highest BCUT2D eigenvalue weighted by molar-refractivity contribution is 7.19. The van der Waals surface area contributed by atoms with Gasteiger partial charge in [0.2, 0.25) is 0 Å². The predicted octanol–water partition coefficient (Wildman–Crippen LogP) is 3.89. The van der Waals surface area contributed by atoms with Gasteiger partial charge in [-0.2, -0.15) is 0 Å². The number of benzene rings is 1. The van der Waals surface area contributed by atoms with Crippen LogP contribution in [0.1, 0.15) is 24.5 Å². The number of terminal acetylenes is 1. The van der Waals surface area contributed by atoms with E-state index < -0.39 is 0 Å². The van der Waals surface area contributed by atoms with E-state index in [0.29, 0.717) is 11.8 Å². The molecular weight excluding hydrogens is 332 g/mol. The molecule has 0 saturated heterocycles. The van der Waals surface area contributed by atoms with Crippen LogP contribution >= 0.6 is 11.3 Å². The van der Waals surface area contributed by atoms with Crippen LogP contribution in [0.4, 0.5) is 0 Å². The summed E-state index contributed by atoms with van der Waals surface area (Å²) in [6.07, 6.45) is 6.97. The molecule has 5 heteroatoms. The van der Waals surface area contributed by atoms with Crippen LogP contribution < -0.4 is 10.3 Å². The standard InChI is InChI=1S/C20H20N2O2S/c1-5-11-22-16(7-3)21-19-18(20(22)23)17(15(6-2)25-19)13-9-8-10-14(12-13)24-4/h1,8-10,12H,6-7,11H2,2-4H3. The van der Waals surface area contributed by atoms with Crippen LogP contribution in [0.25, 0.3) is 21.3 Å². The lowest BCUT2D eigenvalue weighted by atomic mass is 10.0. The quantitative estimate of drug-likeness (QED) is 0.654. The molecule has 1 aromatic carbocycles. The Morgan fingerprint density at radius 3 is 2.76 bits per heavy atom. The molecule has 0 aliphatic heterocycles. The first-order valence-electron chi connectivity index (χ1n) is 8.27. The molecule has 3 aromatic rings. The van der Waals surface area contributed by atoms with E-state index in [1.54, 1.807) is 23.0 Å². The molecule has 0 bridgehead atoms. The van der Waals surface area contributed by atoms with Gasteiger partial charge in [0.15, 0.2) is 0 Å². The molecule has 0 atom stereocenters. The van der Waals surface area contributed by atoms with Crippen molar-refractivity contribution in [1.29, 1.82) is 0 Å². The summed E-state index contributed by atoms with van der Waals surface area (Å²) < 4.78 is 6.95. The number of fused-ring (bicyclic) bond motifs is 1. The number of aryl methyl sites for hydroxylation is 2. The summed E-state index contributed by atoms with van der Waals surface area (Å²) in [5.74, 6) is 4.07. The molecule has 0 aliphatic rings. The topological polar surface area (TPSA) is 44.1 Å². The number of aromatic nitrogens is 2. The molecule has 128 valence electrons. The normalized spacial score (nSPS) is 10.8. The molecule has 2 aromatic heterocycles. The van der Waals surface area contributed by atoms with Gasteiger partial charge in [0.1, 0.15) is 16.4 Å². The lowest BCUT2D eigenvalue weighted by molar-refractivity contribution is 0.415. The van der Waals surface area contributed by atoms with Crippen molar-refractivity contribution in [2.24, 2.45) is 0 Å². The van der Waals surface area contributed by atoms with Crippen LogP contribution in [-0.4, -0.2) is 16.7 Å². The molecule has 0 N–H and O–H groups in total. The van der Waals surface area contributed by atoms with E-state index in [9.17, 15) is 4.79 Å². The van der Waals surface area contributed by atoms with Gasteiger partial charge in [0.05, 0.1) is 19.0 Å². The van der Waals surface area contributed by atoms with E-state index in [2.05, 4.69) is 12.8 Å². The molecule has 4 nitrogen and oxygen atoms in total. The van der Waals surface area contributed by atoms with Gasteiger partial charge in [-0.05, 0) is 24.1 Å². The maximum atomic E-state index is 13.2. The van der Waals surface area contributed by atoms with E-state index in [4.69, 9.17) is 16.1 Å². The predicted molar refractivity (Wildman–Crippen MR) is 103 cm³/mol. The molecule has 3 rings (SSSR count).